The van der Waals surface area contributed by atoms with Crippen LogP contribution in [0.1, 0.15) is 12.6 Å². The van der Waals surface area contributed by atoms with Gasteiger partial charge in [-0.25, -0.2) is 13.8 Å². The molecule has 0 aliphatic heterocycles. The van der Waals surface area contributed by atoms with Crippen LogP contribution in [0.2, 0.25) is 0 Å². The van der Waals surface area contributed by atoms with Gasteiger partial charge in [-0.1, -0.05) is 30.0 Å². The van der Waals surface area contributed by atoms with Crippen LogP contribution in [0.4, 0.5) is 14.5 Å². The summed E-state index contributed by atoms with van der Waals surface area (Å²) in [5.74, 6) is -1.58. The highest BCUT2D eigenvalue weighted by Gasteiger charge is 2.18. The fourth-order valence-corrected chi connectivity index (χ4v) is 3.98. The molecule has 1 atom stereocenters. The largest absolute Gasteiger partial charge is 0.323 e. The number of anilines is 1. The fourth-order valence-electron chi connectivity index (χ4n) is 2.33. The van der Waals surface area contributed by atoms with Crippen LogP contribution in [0.3, 0.4) is 0 Å². The first-order chi connectivity index (χ1) is 13.9. The second-order valence-electron chi connectivity index (χ2n) is 6.02. The molecular formula is C20H17F2N3O2S2. The Morgan fingerprint density at radius 2 is 1.93 bits per heavy atom. The molecule has 29 heavy (non-hydrogen) atoms. The van der Waals surface area contributed by atoms with Gasteiger partial charge in [-0.2, -0.15) is 0 Å². The number of thioether (sulfide) groups is 2. The molecule has 5 nitrogen and oxygen atoms in total. The maximum atomic E-state index is 13.7. The van der Waals surface area contributed by atoms with Gasteiger partial charge < -0.3 is 10.3 Å². The van der Waals surface area contributed by atoms with Gasteiger partial charge in [-0.15, -0.1) is 11.8 Å². The summed E-state index contributed by atoms with van der Waals surface area (Å²) in [5, 5.41) is 2.04. The topological polar surface area (TPSA) is 74.8 Å². The Bertz CT molecular complexity index is 1060. The Labute approximate surface area is 174 Å². The maximum absolute atomic E-state index is 13.7. The first-order valence-corrected chi connectivity index (χ1v) is 10.5. The van der Waals surface area contributed by atoms with Gasteiger partial charge in [0.25, 0.3) is 5.56 Å². The molecule has 9 heteroatoms. The predicted molar refractivity (Wildman–Crippen MR) is 111 cm³/mol. The molecule has 3 rings (SSSR count). The maximum Gasteiger partial charge on any atom is 0.251 e. The molecule has 1 aromatic heterocycles. The second kappa shape index (κ2) is 9.71. The molecule has 0 saturated carbocycles. The van der Waals surface area contributed by atoms with E-state index in [0.29, 0.717) is 22.7 Å². The third kappa shape index (κ3) is 6.16. The lowest BCUT2D eigenvalue weighted by Crippen LogP contribution is -2.24. The molecule has 1 amide bonds. The van der Waals surface area contributed by atoms with Gasteiger partial charge in [0.05, 0.1) is 16.6 Å². The van der Waals surface area contributed by atoms with Crippen LogP contribution in [0.5, 0.6) is 0 Å². The van der Waals surface area contributed by atoms with Crippen LogP contribution >= 0.6 is 23.5 Å². The number of halogens is 2. The number of nitrogens with one attached hydrogen (secondary N) is 2. The summed E-state index contributed by atoms with van der Waals surface area (Å²) < 4.78 is 26.7. The van der Waals surface area contributed by atoms with Gasteiger partial charge in [-0.3, -0.25) is 9.59 Å². The SMILES string of the molecule is CC(Sc1nc(CSc2ccccc2)cc(=O)[nH]1)C(=O)Nc1ccc(F)cc1F. The zero-order valence-electron chi connectivity index (χ0n) is 15.3. The number of nitrogens with zero attached hydrogens (tertiary/aromatic N) is 1. The number of aromatic amines is 1. The number of hydrogen-bond acceptors (Lipinski definition) is 5. The highest BCUT2D eigenvalue weighted by atomic mass is 32.2. The fraction of sp³-hybridized carbons (Fsp3) is 0.150. The zero-order valence-corrected chi connectivity index (χ0v) is 16.9. The normalized spacial score (nSPS) is 11.8. The van der Waals surface area contributed by atoms with E-state index in [1.807, 2.05) is 30.3 Å². The lowest BCUT2D eigenvalue weighted by molar-refractivity contribution is -0.115. The van der Waals surface area contributed by atoms with Crippen LogP contribution in [0.15, 0.2) is 69.4 Å². The summed E-state index contributed by atoms with van der Waals surface area (Å²) in [4.78, 5) is 32.3. The van der Waals surface area contributed by atoms with Gasteiger partial charge >= 0.3 is 0 Å². The zero-order chi connectivity index (χ0) is 20.8. The van der Waals surface area contributed by atoms with E-state index in [4.69, 9.17) is 0 Å². The minimum atomic E-state index is -0.859. The highest BCUT2D eigenvalue weighted by Crippen LogP contribution is 2.24. The summed E-state index contributed by atoms with van der Waals surface area (Å²) in [7, 11) is 0. The average Bonchev–Trinajstić information content (AvgIpc) is 2.69. The number of carbonyl (C=O) groups excluding carboxylic acids is 1. The number of hydrogen-bond donors (Lipinski definition) is 2. The monoisotopic (exact) mass is 433 g/mol. The van der Waals surface area contributed by atoms with Gasteiger partial charge in [0.2, 0.25) is 5.91 Å². The van der Waals surface area contributed by atoms with Crippen molar-refractivity contribution in [3.63, 3.8) is 0 Å². The number of carbonyl (C=O) groups is 1. The van der Waals surface area contributed by atoms with Crippen LogP contribution in [0, 0.1) is 11.6 Å². The standard InChI is InChI=1S/C20H17F2N3O2S2/c1-12(19(27)24-17-8-7-13(21)9-16(17)22)29-20-23-14(10-18(26)25-20)11-28-15-5-3-2-4-6-15/h2-10,12H,11H2,1H3,(H,24,27)(H,23,25,26). The van der Waals surface area contributed by atoms with Crippen LogP contribution < -0.4 is 10.9 Å². The smallest absolute Gasteiger partial charge is 0.251 e. The number of aromatic nitrogens is 2. The molecule has 2 N–H and O–H groups in total. The van der Waals surface area contributed by atoms with E-state index in [0.717, 1.165) is 28.8 Å². The van der Waals surface area contributed by atoms with Gasteiger partial charge in [-0.05, 0) is 31.2 Å². The molecule has 0 fully saturated rings. The van der Waals surface area contributed by atoms with Crippen molar-refractivity contribution < 1.29 is 13.6 Å². The Hall–Kier alpha value is -2.65. The van der Waals surface area contributed by atoms with E-state index in [-0.39, 0.29) is 11.2 Å². The van der Waals surface area contributed by atoms with Gasteiger partial charge in [0.1, 0.15) is 11.6 Å². The number of rotatable bonds is 7. The number of amides is 1. The van der Waals surface area contributed by atoms with Crippen molar-refractivity contribution in [3.8, 4) is 0 Å². The van der Waals surface area contributed by atoms with Gasteiger partial charge in [0, 0.05) is 22.8 Å². The first kappa shape index (κ1) is 21.1. The summed E-state index contributed by atoms with van der Waals surface area (Å²) in [6.07, 6.45) is 0. The molecule has 1 heterocycles. The van der Waals surface area contributed by atoms with E-state index in [1.165, 1.54) is 6.07 Å². The van der Waals surface area contributed by atoms with Gasteiger partial charge in [0.15, 0.2) is 5.16 Å². The van der Waals surface area contributed by atoms with E-state index in [1.54, 1.807) is 18.7 Å². The lowest BCUT2D eigenvalue weighted by Gasteiger charge is -2.12. The third-order valence-corrected chi connectivity index (χ3v) is 5.78. The summed E-state index contributed by atoms with van der Waals surface area (Å²) in [5.41, 5.74) is 0.156. The number of H-pyrrole nitrogens is 1. The molecule has 0 aliphatic rings. The quantitative estimate of drug-likeness (QED) is 0.425. The molecule has 0 radical (unpaired) electrons. The second-order valence-corrected chi connectivity index (χ2v) is 8.40. The molecule has 0 saturated heterocycles. The van der Waals surface area contributed by atoms with E-state index in [9.17, 15) is 18.4 Å². The number of benzene rings is 2. The molecule has 0 bridgehead atoms. The summed E-state index contributed by atoms with van der Waals surface area (Å²) in [6.45, 7) is 1.60. The Morgan fingerprint density at radius 1 is 1.17 bits per heavy atom. The molecular weight excluding hydrogens is 416 g/mol. The van der Waals surface area contributed by atoms with Crippen molar-refractivity contribution in [1.29, 1.82) is 0 Å². The lowest BCUT2D eigenvalue weighted by atomic mass is 10.3. The van der Waals surface area contributed by atoms with Crippen molar-refractivity contribution in [2.24, 2.45) is 0 Å². The third-order valence-electron chi connectivity index (χ3n) is 3.75. The van der Waals surface area contributed by atoms with Crippen molar-refractivity contribution in [3.05, 3.63) is 82.3 Å². The summed E-state index contributed by atoms with van der Waals surface area (Å²) >= 11 is 2.59. The van der Waals surface area contributed by atoms with Crippen molar-refractivity contribution in [1.82, 2.24) is 9.97 Å². The van der Waals surface area contributed by atoms with Crippen LogP contribution in [-0.2, 0) is 10.5 Å². The average molecular weight is 434 g/mol. The Kier molecular flexibility index (Phi) is 7.05. The van der Waals surface area contributed by atoms with Crippen LogP contribution in [-0.4, -0.2) is 21.1 Å². The Balaban J connectivity index is 1.64. The van der Waals surface area contributed by atoms with Crippen LogP contribution in [0.25, 0.3) is 0 Å². The highest BCUT2D eigenvalue weighted by molar-refractivity contribution is 8.00. The summed E-state index contributed by atoms with van der Waals surface area (Å²) in [6, 6.07) is 14.0. The minimum absolute atomic E-state index is 0.113. The molecule has 2 aromatic carbocycles. The molecule has 3 aromatic rings. The molecule has 150 valence electrons. The van der Waals surface area contributed by atoms with Crippen molar-refractivity contribution >= 4 is 35.1 Å². The molecule has 0 spiro atoms. The molecule has 1 unspecified atom stereocenters. The minimum Gasteiger partial charge on any atom is -0.323 e. The van der Waals surface area contributed by atoms with E-state index >= 15 is 0 Å². The van der Waals surface area contributed by atoms with E-state index < -0.39 is 22.8 Å². The van der Waals surface area contributed by atoms with Crippen molar-refractivity contribution in [2.75, 3.05) is 5.32 Å². The molecule has 0 aliphatic carbocycles. The van der Waals surface area contributed by atoms with Crippen molar-refractivity contribution in [2.45, 2.75) is 28.0 Å². The first-order valence-electron chi connectivity index (χ1n) is 8.61. The van der Waals surface area contributed by atoms with E-state index in [2.05, 4.69) is 15.3 Å². The Morgan fingerprint density at radius 3 is 2.66 bits per heavy atom. The predicted octanol–water partition coefficient (Wildman–Crippen LogP) is 4.46.